The Morgan fingerprint density at radius 2 is 1.63 bits per heavy atom. The van der Waals surface area contributed by atoms with Gasteiger partial charge in [0.05, 0.1) is 27.9 Å². The number of hydrogen-bond acceptors (Lipinski definition) is 7. The summed E-state index contributed by atoms with van der Waals surface area (Å²) in [6.45, 7) is 2.79. The van der Waals surface area contributed by atoms with E-state index >= 15 is 0 Å². The van der Waals surface area contributed by atoms with Crippen molar-refractivity contribution in [3.05, 3.63) is 53.2 Å². The first kappa shape index (κ1) is 21.2. The minimum absolute atomic E-state index is 0.166. The first-order valence-electron chi connectivity index (χ1n) is 9.65. The third kappa shape index (κ3) is 4.74. The second-order valence-corrected chi connectivity index (χ2v) is 6.51. The minimum Gasteiger partial charge on any atom is -0.496 e. The summed E-state index contributed by atoms with van der Waals surface area (Å²) in [5.41, 5.74) is 1.47. The molecular formula is C23H25NO6. The van der Waals surface area contributed by atoms with Gasteiger partial charge >= 0.3 is 5.97 Å². The molecule has 2 aromatic rings. The molecule has 0 unspecified atom stereocenters. The van der Waals surface area contributed by atoms with Crippen molar-refractivity contribution in [2.45, 2.75) is 19.8 Å². The maximum absolute atomic E-state index is 12.4. The summed E-state index contributed by atoms with van der Waals surface area (Å²) in [6, 6.07) is 10.7. The molecule has 0 saturated carbocycles. The minimum atomic E-state index is -0.537. The molecule has 0 fully saturated rings. The Labute approximate surface area is 175 Å². The van der Waals surface area contributed by atoms with Gasteiger partial charge in [-0.05, 0) is 42.8 Å². The van der Waals surface area contributed by atoms with E-state index in [1.807, 2.05) is 24.3 Å². The normalized spacial score (nSPS) is 14.3. The molecule has 0 aliphatic carbocycles. The number of carbonyl (C=O) groups is 1. The Kier molecular flexibility index (Phi) is 6.95. The smallest absolute Gasteiger partial charge is 0.363 e. The number of cyclic esters (lactones) is 1. The topological polar surface area (TPSA) is 75.6 Å². The first-order chi connectivity index (χ1) is 14.6. The lowest BCUT2D eigenvalue weighted by molar-refractivity contribution is -0.129. The Bertz CT molecular complexity index is 962. The van der Waals surface area contributed by atoms with Crippen molar-refractivity contribution in [3.63, 3.8) is 0 Å². The molecule has 0 amide bonds. The highest BCUT2D eigenvalue weighted by Crippen LogP contribution is 2.36. The van der Waals surface area contributed by atoms with Gasteiger partial charge in [-0.15, -0.1) is 0 Å². The fourth-order valence-corrected chi connectivity index (χ4v) is 2.87. The summed E-state index contributed by atoms with van der Waals surface area (Å²) in [6.07, 6.45) is 3.67. The van der Waals surface area contributed by atoms with E-state index in [0.29, 0.717) is 35.0 Å². The maximum Gasteiger partial charge on any atom is 0.363 e. The lowest BCUT2D eigenvalue weighted by Gasteiger charge is -2.12. The molecule has 0 radical (unpaired) electrons. The predicted molar refractivity (Wildman–Crippen MR) is 114 cm³/mol. The fraction of sp³-hybridized carbons (Fsp3) is 0.304. The Hall–Kier alpha value is -3.48. The van der Waals surface area contributed by atoms with Crippen molar-refractivity contribution < 1.29 is 28.5 Å². The molecule has 7 heteroatoms. The zero-order valence-electron chi connectivity index (χ0n) is 17.6. The highest BCUT2D eigenvalue weighted by Gasteiger charge is 2.25. The first-order valence-corrected chi connectivity index (χ1v) is 9.65. The molecule has 0 N–H and O–H groups in total. The lowest BCUT2D eigenvalue weighted by Crippen LogP contribution is -2.05. The number of hydrogen-bond donors (Lipinski definition) is 0. The van der Waals surface area contributed by atoms with Crippen LogP contribution in [0, 0.1) is 0 Å². The van der Waals surface area contributed by atoms with Gasteiger partial charge in [-0.1, -0.05) is 13.3 Å². The number of carbonyl (C=O) groups excluding carboxylic acids is 1. The van der Waals surface area contributed by atoms with Crippen LogP contribution in [0.3, 0.4) is 0 Å². The van der Waals surface area contributed by atoms with E-state index in [-0.39, 0.29) is 11.6 Å². The molecule has 7 nitrogen and oxygen atoms in total. The summed E-state index contributed by atoms with van der Waals surface area (Å²) in [7, 11) is 4.62. The third-order valence-corrected chi connectivity index (χ3v) is 4.52. The number of rotatable bonds is 9. The summed E-state index contributed by atoms with van der Waals surface area (Å²) >= 11 is 0. The van der Waals surface area contributed by atoms with Gasteiger partial charge in [0.25, 0.3) is 0 Å². The Balaban J connectivity index is 1.86. The van der Waals surface area contributed by atoms with Crippen LogP contribution < -0.4 is 18.9 Å². The molecule has 0 saturated heterocycles. The molecule has 0 atom stereocenters. The van der Waals surface area contributed by atoms with E-state index in [1.165, 1.54) is 14.2 Å². The molecule has 1 heterocycles. The molecule has 0 aromatic heterocycles. The van der Waals surface area contributed by atoms with Gasteiger partial charge in [0.2, 0.25) is 5.90 Å². The molecular weight excluding hydrogens is 386 g/mol. The van der Waals surface area contributed by atoms with Gasteiger partial charge in [0, 0.05) is 17.2 Å². The summed E-state index contributed by atoms with van der Waals surface area (Å²) < 4.78 is 27.0. The summed E-state index contributed by atoms with van der Waals surface area (Å²) in [5, 5.41) is 0. The molecule has 2 aromatic carbocycles. The molecule has 0 spiro atoms. The van der Waals surface area contributed by atoms with E-state index < -0.39 is 5.97 Å². The van der Waals surface area contributed by atoms with Crippen molar-refractivity contribution >= 4 is 17.9 Å². The third-order valence-electron chi connectivity index (χ3n) is 4.52. The second-order valence-electron chi connectivity index (χ2n) is 6.51. The monoisotopic (exact) mass is 411 g/mol. The average Bonchev–Trinajstić information content (AvgIpc) is 3.14. The van der Waals surface area contributed by atoms with Crippen molar-refractivity contribution in [1.82, 2.24) is 0 Å². The standard InChI is InChI=1S/C23H25NO6/c1-5-6-11-29-17-9-7-15(8-10-17)22-24-18(23(25)30-22)12-16-13-20(27-3)21(28-4)14-19(16)26-2/h7-10,12-14H,5-6,11H2,1-4H3. The van der Waals surface area contributed by atoms with Crippen molar-refractivity contribution in [3.8, 4) is 23.0 Å². The molecule has 0 bridgehead atoms. The van der Waals surface area contributed by atoms with Gasteiger partial charge in [-0.25, -0.2) is 9.79 Å². The van der Waals surface area contributed by atoms with E-state index in [2.05, 4.69) is 11.9 Å². The van der Waals surface area contributed by atoms with E-state index in [9.17, 15) is 4.79 Å². The molecule has 1 aliphatic heterocycles. The number of ether oxygens (including phenoxy) is 5. The van der Waals surface area contributed by atoms with Crippen LogP contribution in [0.4, 0.5) is 0 Å². The van der Waals surface area contributed by atoms with Crippen LogP contribution in [0.2, 0.25) is 0 Å². The van der Waals surface area contributed by atoms with Crippen LogP contribution in [0.5, 0.6) is 23.0 Å². The van der Waals surface area contributed by atoms with E-state index in [4.69, 9.17) is 23.7 Å². The van der Waals surface area contributed by atoms with Crippen LogP contribution in [0.1, 0.15) is 30.9 Å². The molecule has 158 valence electrons. The molecule has 30 heavy (non-hydrogen) atoms. The predicted octanol–water partition coefficient (Wildman–Crippen LogP) is 4.24. The van der Waals surface area contributed by atoms with Gasteiger partial charge in [-0.2, -0.15) is 0 Å². The fourth-order valence-electron chi connectivity index (χ4n) is 2.87. The van der Waals surface area contributed by atoms with Crippen LogP contribution in [0.15, 0.2) is 47.1 Å². The van der Waals surface area contributed by atoms with Gasteiger partial charge < -0.3 is 23.7 Å². The van der Waals surface area contributed by atoms with Crippen LogP contribution in [-0.4, -0.2) is 39.8 Å². The van der Waals surface area contributed by atoms with Crippen molar-refractivity contribution in [1.29, 1.82) is 0 Å². The number of unbranched alkanes of at least 4 members (excludes halogenated alkanes) is 1. The van der Waals surface area contributed by atoms with E-state index in [0.717, 1.165) is 18.6 Å². The number of esters is 1. The molecule has 1 aliphatic rings. The zero-order chi connectivity index (χ0) is 21.5. The lowest BCUT2D eigenvalue weighted by atomic mass is 10.1. The van der Waals surface area contributed by atoms with Crippen LogP contribution in [0.25, 0.3) is 6.08 Å². The number of methoxy groups -OCH3 is 3. The maximum atomic E-state index is 12.4. The van der Waals surface area contributed by atoms with Gasteiger partial charge in [-0.3, -0.25) is 0 Å². The van der Waals surface area contributed by atoms with Crippen molar-refractivity contribution in [2.75, 3.05) is 27.9 Å². The SMILES string of the molecule is CCCCOc1ccc(C2=NC(=Cc3cc(OC)c(OC)cc3OC)C(=O)O2)cc1. The zero-order valence-corrected chi connectivity index (χ0v) is 17.6. The molecule has 3 rings (SSSR count). The van der Waals surface area contributed by atoms with Crippen LogP contribution >= 0.6 is 0 Å². The van der Waals surface area contributed by atoms with Crippen molar-refractivity contribution in [2.24, 2.45) is 4.99 Å². The van der Waals surface area contributed by atoms with Gasteiger partial charge in [0.1, 0.15) is 11.5 Å². The quantitative estimate of drug-likeness (QED) is 0.349. The number of aliphatic imine (C=N–C) groups is 1. The highest BCUT2D eigenvalue weighted by atomic mass is 16.6. The van der Waals surface area contributed by atoms with Gasteiger partial charge in [0.15, 0.2) is 17.2 Å². The summed E-state index contributed by atoms with van der Waals surface area (Å²) in [5.74, 6) is 2.03. The Morgan fingerprint density at radius 1 is 0.967 bits per heavy atom. The van der Waals surface area contributed by atoms with E-state index in [1.54, 1.807) is 25.3 Å². The highest BCUT2D eigenvalue weighted by molar-refractivity contribution is 6.13. The average molecular weight is 411 g/mol. The summed E-state index contributed by atoms with van der Waals surface area (Å²) in [4.78, 5) is 16.7. The Morgan fingerprint density at radius 3 is 2.27 bits per heavy atom. The second kappa shape index (κ2) is 9.82. The number of benzene rings is 2. The number of nitrogens with zero attached hydrogens (tertiary/aromatic N) is 1. The largest absolute Gasteiger partial charge is 0.496 e. The van der Waals surface area contributed by atoms with Crippen LogP contribution in [-0.2, 0) is 9.53 Å².